The van der Waals surface area contributed by atoms with E-state index in [0.29, 0.717) is 0 Å². The highest BCUT2D eigenvalue weighted by Gasteiger charge is 2.13. The predicted octanol–water partition coefficient (Wildman–Crippen LogP) is 3.57. The van der Waals surface area contributed by atoms with Crippen molar-refractivity contribution in [2.75, 3.05) is 31.1 Å². The molecule has 0 spiro atoms. The minimum atomic E-state index is 0.874. The number of nitrogens with zero attached hydrogens (tertiary/aromatic N) is 3. The molecular weight excluding hydrogens is 270 g/mol. The Morgan fingerprint density at radius 3 is 2.41 bits per heavy atom. The number of para-hydroxylation sites is 1. The summed E-state index contributed by atoms with van der Waals surface area (Å²) in [6.45, 7) is 5.58. The monoisotopic (exact) mass is 295 g/mol. The standard InChI is InChI=1S/C19H25N3/c1-3-10-19(11-4-1)22(17-18-9-5-6-12-20-18)16-15-21-13-7-2-8-14-21/h1,3-6,9-12H,2,7-8,13-17H2. The summed E-state index contributed by atoms with van der Waals surface area (Å²) < 4.78 is 0. The van der Waals surface area contributed by atoms with Crippen LogP contribution in [0.25, 0.3) is 0 Å². The Kier molecular flexibility index (Phi) is 5.43. The number of aromatic nitrogens is 1. The van der Waals surface area contributed by atoms with E-state index in [4.69, 9.17) is 0 Å². The Bertz CT molecular complexity index is 535. The number of piperidine rings is 1. The quantitative estimate of drug-likeness (QED) is 0.812. The molecule has 1 aromatic carbocycles. The normalized spacial score (nSPS) is 15.6. The first kappa shape index (κ1) is 15.0. The van der Waals surface area contributed by atoms with Crippen molar-refractivity contribution in [3.05, 3.63) is 60.4 Å². The molecule has 116 valence electrons. The van der Waals surface area contributed by atoms with Gasteiger partial charge in [0, 0.05) is 25.0 Å². The second-order valence-corrected chi connectivity index (χ2v) is 5.98. The largest absolute Gasteiger partial charge is 0.364 e. The number of rotatable bonds is 6. The van der Waals surface area contributed by atoms with Gasteiger partial charge in [-0.3, -0.25) is 4.98 Å². The molecule has 0 atom stereocenters. The SMILES string of the molecule is c1ccc(N(CCN2CCCCC2)Cc2ccccn2)cc1. The summed E-state index contributed by atoms with van der Waals surface area (Å²) in [6, 6.07) is 16.8. The fraction of sp³-hybridized carbons (Fsp3) is 0.421. The lowest BCUT2D eigenvalue weighted by atomic mass is 10.1. The van der Waals surface area contributed by atoms with E-state index in [0.717, 1.165) is 25.3 Å². The van der Waals surface area contributed by atoms with Crippen LogP contribution >= 0.6 is 0 Å². The summed E-state index contributed by atoms with van der Waals surface area (Å²) in [6.07, 6.45) is 5.98. The topological polar surface area (TPSA) is 19.4 Å². The second-order valence-electron chi connectivity index (χ2n) is 5.98. The highest BCUT2D eigenvalue weighted by molar-refractivity contribution is 5.46. The molecule has 2 aromatic rings. The Balaban J connectivity index is 1.66. The Labute approximate surface area is 133 Å². The van der Waals surface area contributed by atoms with Gasteiger partial charge in [0.1, 0.15) is 0 Å². The zero-order valence-electron chi connectivity index (χ0n) is 13.2. The summed E-state index contributed by atoms with van der Waals surface area (Å²) in [5.74, 6) is 0. The fourth-order valence-corrected chi connectivity index (χ4v) is 3.07. The summed E-state index contributed by atoms with van der Waals surface area (Å²) in [5, 5.41) is 0. The van der Waals surface area contributed by atoms with E-state index >= 15 is 0 Å². The van der Waals surface area contributed by atoms with Crippen molar-refractivity contribution >= 4 is 5.69 Å². The van der Waals surface area contributed by atoms with Gasteiger partial charge in [0.25, 0.3) is 0 Å². The number of hydrogen-bond acceptors (Lipinski definition) is 3. The van der Waals surface area contributed by atoms with Crippen LogP contribution in [-0.2, 0) is 6.54 Å². The van der Waals surface area contributed by atoms with E-state index in [1.165, 1.54) is 38.0 Å². The molecule has 3 heteroatoms. The van der Waals surface area contributed by atoms with Gasteiger partial charge in [-0.15, -0.1) is 0 Å². The van der Waals surface area contributed by atoms with Crippen LogP contribution in [0, 0.1) is 0 Å². The van der Waals surface area contributed by atoms with Gasteiger partial charge in [-0.2, -0.15) is 0 Å². The zero-order chi connectivity index (χ0) is 15.0. The first-order chi connectivity index (χ1) is 10.9. The first-order valence-corrected chi connectivity index (χ1v) is 8.34. The van der Waals surface area contributed by atoms with Crippen LogP contribution in [0.3, 0.4) is 0 Å². The summed E-state index contributed by atoms with van der Waals surface area (Å²) >= 11 is 0. The molecule has 0 aliphatic carbocycles. The van der Waals surface area contributed by atoms with Crippen LogP contribution in [0.1, 0.15) is 25.0 Å². The molecule has 0 radical (unpaired) electrons. The molecule has 0 amide bonds. The molecule has 2 heterocycles. The molecule has 1 aliphatic rings. The van der Waals surface area contributed by atoms with Gasteiger partial charge in [0.05, 0.1) is 12.2 Å². The van der Waals surface area contributed by atoms with Gasteiger partial charge in [-0.05, 0) is 50.2 Å². The molecule has 0 N–H and O–H groups in total. The van der Waals surface area contributed by atoms with Crippen LogP contribution in [0.2, 0.25) is 0 Å². The molecule has 0 bridgehead atoms. The van der Waals surface area contributed by atoms with Crippen LogP contribution in [0.15, 0.2) is 54.7 Å². The van der Waals surface area contributed by atoms with Crippen LogP contribution in [-0.4, -0.2) is 36.1 Å². The van der Waals surface area contributed by atoms with Crippen molar-refractivity contribution in [1.82, 2.24) is 9.88 Å². The highest BCUT2D eigenvalue weighted by Crippen LogP contribution is 2.16. The van der Waals surface area contributed by atoms with Crippen molar-refractivity contribution in [3.63, 3.8) is 0 Å². The maximum absolute atomic E-state index is 4.48. The van der Waals surface area contributed by atoms with Gasteiger partial charge in [-0.25, -0.2) is 0 Å². The predicted molar refractivity (Wildman–Crippen MR) is 92.0 cm³/mol. The summed E-state index contributed by atoms with van der Waals surface area (Å²) in [4.78, 5) is 9.52. The Morgan fingerprint density at radius 1 is 0.909 bits per heavy atom. The van der Waals surface area contributed by atoms with Crippen molar-refractivity contribution in [1.29, 1.82) is 0 Å². The Morgan fingerprint density at radius 2 is 1.68 bits per heavy atom. The smallest absolute Gasteiger partial charge is 0.0602 e. The lowest BCUT2D eigenvalue weighted by molar-refractivity contribution is 0.233. The van der Waals surface area contributed by atoms with Crippen molar-refractivity contribution in [2.45, 2.75) is 25.8 Å². The van der Waals surface area contributed by atoms with Gasteiger partial charge in [0.15, 0.2) is 0 Å². The maximum Gasteiger partial charge on any atom is 0.0602 e. The van der Waals surface area contributed by atoms with Gasteiger partial charge < -0.3 is 9.80 Å². The van der Waals surface area contributed by atoms with E-state index in [2.05, 4.69) is 57.2 Å². The lowest BCUT2D eigenvalue weighted by Crippen LogP contribution is -2.37. The third kappa shape index (κ3) is 4.31. The van der Waals surface area contributed by atoms with Crippen molar-refractivity contribution in [3.8, 4) is 0 Å². The first-order valence-electron chi connectivity index (χ1n) is 8.34. The molecule has 1 aliphatic heterocycles. The Hall–Kier alpha value is -1.87. The van der Waals surface area contributed by atoms with Gasteiger partial charge in [-0.1, -0.05) is 30.7 Å². The molecule has 3 nitrogen and oxygen atoms in total. The third-order valence-electron chi connectivity index (χ3n) is 4.34. The number of anilines is 1. The molecule has 1 fully saturated rings. The number of benzene rings is 1. The summed E-state index contributed by atoms with van der Waals surface area (Å²) in [7, 11) is 0. The van der Waals surface area contributed by atoms with E-state index in [1.54, 1.807) is 0 Å². The number of likely N-dealkylation sites (tertiary alicyclic amines) is 1. The zero-order valence-corrected chi connectivity index (χ0v) is 13.2. The average molecular weight is 295 g/mol. The van der Waals surface area contributed by atoms with Crippen LogP contribution < -0.4 is 4.90 Å². The van der Waals surface area contributed by atoms with Crippen LogP contribution in [0.5, 0.6) is 0 Å². The molecule has 0 saturated carbocycles. The van der Waals surface area contributed by atoms with Gasteiger partial charge >= 0.3 is 0 Å². The second kappa shape index (κ2) is 7.95. The minimum Gasteiger partial charge on any atom is -0.364 e. The van der Waals surface area contributed by atoms with E-state index < -0.39 is 0 Å². The number of hydrogen-bond donors (Lipinski definition) is 0. The molecule has 1 saturated heterocycles. The molecule has 0 unspecified atom stereocenters. The van der Waals surface area contributed by atoms with Crippen molar-refractivity contribution in [2.24, 2.45) is 0 Å². The number of pyridine rings is 1. The molecule has 1 aromatic heterocycles. The van der Waals surface area contributed by atoms with E-state index in [1.807, 2.05) is 12.3 Å². The maximum atomic E-state index is 4.48. The van der Waals surface area contributed by atoms with E-state index in [9.17, 15) is 0 Å². The molecule has 22 heavy (non-hydrogen) atoms. The molecular formula is C19H25N3. The third-order valence-corrected chi connectivity index (χ3v) is 4.34. The lowest BCUT2D eigenvalue weighted by Gasteiger charge is -2.31. The van der Waals surface area contributed by atoms with Crippen molar-refractivity contribution < 1.29 is 0 Å². The van der Waals surface area contributed by atoms with Crippen LogP contribution in [0.4, 0.5) is 5.69 Å². The van der Waals surface area contributed by atoms with Gasteiger partial charge in [0.2, 0.25) is 0 Å². The van der Waals surface area contributed by atoms with E-state index in [-0.39, 0.29) is 0 Å². The average Bonchev–Trinajstić information content (AvgIpc) is 2.61. The highest BCUT2D eigenvalue weighted by atomic mass is 15.2. The minimum absolute atomic E-state index is 0.874. The molecule has 3 rings (SSSR count). The summed E-state index contributed by atoms with van der Waals surface area (Å²) in [5.41, 5.74) is 2.41. The fourth-order valence-electron chi connectivity index (χ4n) is 3.07.